The average Bonchev–Trinajstić information content (AvgIpc) is 3.44. The second-order valence-electron chi connectivity index (χ2n) is 7.12. The number of carbonyl (C=O) groups is 2. The number of amides is 1. The van der Waals surface area contributed by atoms with Gasteiger partial charge < -0.3 is 15.2 Å². The molecule has 2 aliphatic carbocycles. The first-order valence-corrected chi connectivity index (χ1v) is 10.5. The fourth-order valence-electron chi connectivity index (χ4n) is 3.27. The summed E-state index contributed by atoms with van der Waals surface area (Å²) in [5.41, 5.74) is 0.229. The lowest BCUT2D eigenvalue weighted by atomic mass is 9.86. The maximum Gasteiger partial charge on any atom is 0.306 e. The van der Waals surface area contributed by atoms with Crippen molar-refractivity contribution in [3.05, 3.63) is 23.8 Å². The smallest absolute Gasteiger partial charge is 0.306 e. The van der Waals surface area contributed by atoms with Gasteiger partial charge in [0.15, 0.2) is 0 Å². The highest BCUT2D eigenvalue weighted by molar-refractivity contribution is 7.89. The molecule has 148 valence electrons. The van der Waals surface area contributed by atoms with Gasteiger partial charge in [0, 0.05) is 17.6 Å². The van der Waals surface area contributed by atoms with E-state index in [9.17, 15) is 18.0 Å². The van der Waals surface area contributed by atoms with E-state index < -0.39 is 16.0 Å². The minimum absolute atomic E-state index is 0.0541. The number of hydrogen-bond acceptors (Lipinski definition) is 5. The van der Waals surface area contributed by atoms with Gasteiger partial charge in [0.25, 0.3) is 5.91 Å². The Morgan fingerprint density at radius 3 is 2.26 bits per heavy atom. The Kier molecular flexibility index (Phi) is 5.71. The highest BCUT2D eigenvalue weighted by atomic mass is 32.2. The van der Waals surface area contributed by atoms with Crippen LogP contribution >= 0.6 is 0 Å². The summed E-state index contributed by atoms with van der Waals surface area (Å²) in [6.07, 6.45) is 3.84. The van der Waals surface area contributed by atoms with E-state index in [1.165, 1.54) is 25.3 Å². The Morgan fingerprint density at radius 1 is 1.07 bits per heavy atom. The van der Waals surface area contributed by atoms with Crippen molar-refractivity contribution >= 4 is 21.9 Å². The van der Waals surface area contributed by atoms with Crippen LogP contribution in [0, 0.1) is 5.92 Å². The van der Waals surface area contributed by atoms with Crippen LogP contribution < -0.4 is 14.8 Å². The summed E-state index contributed by atoms with van der Waals surface area (Å²) in [7, 11) is -2.38. The van der Waals surface area contributed by atoms with E-state index >= 15 is 0 Å². The molecule has 0 spiro atoms. The molecule has 0 saturated heterocycles. The lowest BCUT2D eigenvalue weighted by Crippen LogP contribution is -2.38. The molecule has 2 fully saturated rings. The molecule has 0 atom stereocenters. The van der Waals surface area contributed by atoms with E-state index in [1.54, 1.807) is 0 Å². The van der Waals surface area contributed by atoms with Crippen molar-refractivity contribution in [1.29, 1.82) is 0 Å². The van der Waals surface area contributed by atoms with Crippen LogP contribution in [0.2, 0.25) is 0 Å². The zero-order chi connectivity index (χ0) is 19.6. The Balaban J connectivity index is 1.72. The molecule has 0 aromatic heterocycles. The summed E-state index contributed by atoms with van der Waals surface area (Å²) in [4.78, 5) is 23.5. The third kappa shape index (κ3) is 4.78. The van der Waals surface area contributed by atoms with Crippen molar-refractivity contribution < 1.29 is 27.9 Å². The molecule has 2 aliphatic rings. The van der Waals surface area contributed by atoms with Crippen molar-refractivity contribution in [2.24, 2.45) is 5.92 Å². The molecule has 0 radical (unpaired) electrons. The van der Waals surface area contributed by atoms with Gasteiger partial charge in [-0.05, 0) is 56.7 Å². The molecule has 1 aromatic carbocycles. The predicted molar refractivity (Wildman–Crippen MR) is 97.2 cm³/mol. The molecule has 9 heteroatoms. The molecule has 1 aromatic rings. The third-order valence-corrected chi connectivity index (χ3v) is 6.57. The molecule has 8 nitrogen and oxygen atoms in total. The van der Waals surface area contributed by atoms with Crippen LogP contribution in [-0.2, 0) is 14.8 Å². The number of methoxy groups -OCH3 is 1. The van der Waals surface area contributed by atoms with Crippen molar-refractivity contribution in [3.63, 3.8) is 0 Å². The zero-order valence-electron chi connectivity index (χ0n) is 15.1. The van der Waals surface area contributed by atoms with Gasteiger partial charge in [0.2, 0.25) is 10.0 Å². The number of aliphatic carboxylic acids is 1. The molecule has 0 aliphatic heterocycles. The zero-order valence-corrected chi connectivity index (χ0v) is 15.9. The van der Waals surface area contributed by atoms with Crippen LogP contribution in [0.4, 0.5) is 0 Å². The second kappa shape index (κ2) is 7.85. The van der Waals surface area contributed by atoms with Gasteiger partial charge in [-0.2, -0.15) is 0 Å². The summed E-state index contributed by atoms with van der Waals surface area (Å²) in [5.74, 6) is -1.35. The van der Waals surface area contributed by atoms with E-state index in [4.69, 9.17) is 9.84 Å². The predicted octanol–water partition coefficient (Wildman–Crippen LogP) is 1.51. The highest BCUT2D eigenvalue weighted by Gasteiger charge is 2.31. The first-order valence-electron chi connectivity index (χ1n) is 9.04. The molecule has 3 N–H and O–H groups in total. The van der Waals surface area contributed by atoms with Gasteiger partial charge in [0.1, 0.15) is 10.6 Å². The van der Waals surface area contributed by atoms with E-state index in [0.29, 0.717) is 25.7 Å². The van der Waals surface area contributed by atoms with E-state index in [1.807, 2.05) is 0 Å². The molecule has 27 heavy (non-hydrogen) atoms. The fraction of sp³-hybridized carbons (Fsp3) is 0.556. The number of ether oxygens (including phenoxy) is 1. The minimum Gasteiger partial charge on any atom is -0.495 e. The fourth-order valence-corrected chi connectivity index (χ4v) is 4.77. The molecule has 1 amide bonds. The van der Waals surface area contributed by atoms with Gasteiger partial charge in [-0.25, -0.2) is 13.1 Å². The molecule has 0 bridgehead atoms. The number of sulfonamides is 1. The number of carboxylic acid groups (broad SMARTS) is 1. The second-order valence-corrected chi connectivity index (χ2v) is 8.80. The Bertz CT molecular complexity index is 826. The lowest BCUT2D eigenvalue weighted by molar-refractivity contribution is -0.142. The summed E-state index contributed by atoms with van der Waals surface area (Å²) < 4.78 is 32.8. The van der Waals surface area contributed by atoms with E-state index in [2.05, 4.69) is 10.0 Å². The molecule has 2 saturated carbocycles. The summed E-state index contributed by atoms with van der Waals surface area (Å²) >= 11 is 0. The lowest BCUT2D eigenvalue weighted by Gasteiger charge is -2.26. The first-order chi connectivity index (χ1) is 12.8. The van der Waals surface area contributed by atoms with Gasteiger partial charge in [0.05, 0.1) is 13.0 Å². The van der Waals surface area contributed by atoms with Crippen molar-refractivity contribution in [2.75, 3.05) is 7.11 Å². The number of hydrogen-bond donors (Lipinski definition) is 3. The van der Waals surface area contributed by atoms with Gasteiger partial charge in [-0.1, -0.05) is 0 Å². The number of carbonyl (C=O) groups excluding carboxylic acids is 1. The Morgan fingerprint density at radius 2 is 1.70 bits per heavy atom. The van der Waals surface area contributed by atoms with Gasteiger partial charge >= 0.3 is 5.97 Å². The van der Waals surface area contributed by atoms with Crippen molar-refractivity contribution in [2.45, 2.75) is 55.5 Å². The number of benzene rings is 1. The Labute approximate surface area is 158 Å². The minimum atomic E-state index is -3.77. The highest BCUT2D eigenvalue weighted by Crippen LogP contribution is 2.29. The van der Waals surface area contributed by atoms with Crippen LogP contribution in [0.25, 0.3) is 0 Å². The standard InChI is InChI=1S/C18H24N2O6S/c1-26-15-9-4-12(10-16(15)27(24,25)20-14-7-8-14)17(21)19-13-5-2-11(3-6-13)18(22)23/h4,9-11,13-14,20H,2-3,5-8H2,1H3,(H,19,21)(H,22,23). The number of rotatable bonds is 7. The average molecular weight is 396 g/mol. The monoisotopic (exact) mass is 396 g/mol. The van der Waals surface area contributed by atoms with E-state index in [-0.39, 0.29) is 40.1 Å². The van der Waals surface area contributed by atoms with Crippen LogP contribution in [0.3, 0.4) is 0 Å². The molecule has 0 unspecified atom stereocenters. The van der Waals surface area contributed by atoms with Crippen LogP contribution in [0.5, 0.6) is 5.75 Å². The largest absolute Gasteiger partial charge is 0.495 e. The third-order valence-electron chi connectivity index (χ3n) is 5.03. The van der Waals surface area contributed by atoms with Crippen LogP contribution in [-0.4, -0.2) is 44.6 Å². The summed E-state index contributed by atoms with van der Waals surface area (Å²) in [5, 5.41) is 11.9. The normalized spacial score (nSPS) is 22.9. The first kappa shape index (κ1) is 19.6. The van der Waals surface area contributed by atoms with Crippen molar-refractivity contribution in [3.8, 4) is 5.75 Å². The van der Waals surface area contributed by atoms with Crippen molar-refractivity contribution in [1.82, 2.24) is 10.0 Å². The van der Waals surface area contributed by atoms with Gasteiger partial charge in [-0.15, -0.1) is 0 Å². The topological polar surface area (TPSA) is 122 Å². The maximum absolute atomic E-state index is 12.6. The Hall–Kier alpha value is -2.13. The molecule has 0 heterocycles. The quantitative estimate of drug-likeness (QED) is 0.642. The summed E-state index contributed by atoms with van der Waals surface area (Å²) in [6.45, 7) is 0. The molecular weight excluding hydrogens is 372 g/mol. The number of nitrogens with one attached hydrogen (secondary N) is 2. The van der Waals surface area contributed by atoms with E-state index in [0.717, 1.165) is 12.8 Å². The summed E-state index contributed by atoms with van der Waals surface area (Å²) in [6, 6.07) is 4.15. The SMILES string of the molecule is COc1ccc(C(=O)NC2CCC(C(=O)O)CC2)cc1S(=O)(=O)NC1CC1. The molecular formula is C18H24N2O6S. The maximum atomic E-state index is 12.6. The molecule has 3 rings (SSSR count). The number of carboxylic acids is 1. The van der Waals surface area contributed by atoms with Crippen LogP contribution in [0.1, 0.15) is 48.9 Å². The van der Waals surface area contributed by atoms with Crippen LogP contribution in [0.15, 0.2) is 23.1 Å². The van der Waals surface area contributed by atoms with Gasteiger partial charge in [-0.3, -0.25) is 9.59 Å².